The zero-order valence-corrected chi connectivity index (χ0v) is 7.66. The van der Waals surface area contributed by atoms with E-state index in [2.05, 4.69) is 36.6 Å². The van der Waals surface area contributed by atoms with Gasteiger partial charge in [0.15, 0.2) is 0 Å². The summed E-state index contributed by atoms with van der Waals surface area (Å²) in [6, 6.07) is 0. The lowest BCUT2D eigenvalue weighted by Gasteiger charge is -2.03. The molecule has 0 aromatic rings. The van der Waals surface area contributed by atoms with Gasteiger partial charge >= 0.3 is 0 Å². The van der Waals surface area contributed by atoms with Gasteiger partial charge in [0, 0.05) is 11.8 Å². The zero-order valence-electron chi connectivity index (χ0n) is 7.66. The van der Waals surface area contributed by atoms with E-state index in [0.29, 0.717) is 5.82 Å². The van der Waals surface area contributed by atoms with E-state index < -0.39 is 0 Å². The van der Waals surface area contributed by atoms with Crippen molar-refractivity contribution in [2.75, 3.05) is 0 Å². The molecule has 0 aromatic heterocycles. The first kappa shape index (κ1) is 11.2. The highest BCUT2D eigenvalue weighted by atomic mass is 15.0. The van der Waals surface area contributed by atoms with Gasteiger partial charge in [-0.05, 0) is 6.20 Å². The lowest BCUT2D eigenvalue weighted by Crippen LogP contribution is -2.04. The van der Waals surface area contributed by atoms with Crippen LogP contribution in [0.2, 0.25) is 0 Å². The average Bonchev–Trinajstić information content (AvgIpc) is 2.16. The molecule has 2 heteroatoms. The fourth-order valence-corrected chi connectivity index (χ4v) is 0.696. The van der Waals surface area contributed by atoms with E-state index >= 15 is 0 Å². The number of aliphatic imine (C=N–C) groups is 1. The maximum Gasteiger partial charge on any atom is 0.137 e. The highest BCUT2D eigenvalue weighted by molar-refractivity contribution is 5.71. The molecule has 0 atom stereocenters. The van der Waals surface area contributed by atoms with Crippen LogP contribution < -0.4 is 5.32 Å². The van der Waals surface area contributed by atoms with Crippen LogP contribution >= 0.6 is 0 Å². The van der Waals surface area contributed by atoms with Crippen LogP contribution in [0.1, 0.15) is 0 Å². The number of hydrogen-bond donors (Lipinski definition) is 1. The molecule has 0 rings (SSSR count). The van der Waals surface area contributed by atoms with E-state index in [4.69, 9.17) is 0 Å². The molecule has 0 aromatic carbocycles. The molecule has 0 amide bonds. The molecule has 13 heavy (non-hydrogen) atoms. The molecule has 0 spiro atoms. The molecule has 0 aliphatic rings. The minimum Gasteiger partial charge on any atom is -0.347 e. The van der Waals surface area contributed by atoms with Crippen LogP contribution in [0.3, 0.4) is 0 Å². The van der Waals surface area contributed by atoms with Crippen molar-refractivity contribution in [3.8, 4) is 0 Å². The Kier molecular flexibility index (Phi) is 5.89. The maximum absolute atomic E-state index is 4.09. The Labute approximate surface area is 79.4 Å². The molecule has 0 aliphatic heterocycles. The van der Waals surface area contributed by atoms with Crippen LogP contribution in [0.25, 0.3) is 0 Å². The Bertz CT molecular complexity index is 260. The molecular formula is C11H14N2. The Morgan fingerprint density at radius 1 is 1.08 bits per heavy atom. The normalized spacial score (nSPS) is 8.92. The smallest absolute Gasteiger partial charge is 0.137 e. The van der Waals surface area contributed by atoms with Crippen molar-refractivity contribution in [1.29, 1.82) is 0 Å². The van der Waals surface area contributed by atoms with Crippen LogP contribution in [0.15, 0.2) is 67.1 Å². The van der Waals surface area contributed by atoms with Gasteiger partial charge in [-0.1, -0.05) is 44.5 Å². The third kappa shape index (κ3) is 3.91. The molecule has 1 N–H and O–H groups in total. The van der Waals surface area contributed by atoms with Gasteiger partial charge in [-0.2, -0.15) is 0 Å². The monoisotopic (exact) mass is 174 g/mol. The molecule has 0 aliphatic carbocycles. The van der Waals surface area contributed by atoms with Crippen molar-refractivity contribution in [3.05, 3.63) is 62.1 Å². The van der Waals surface area contributed by atoms with Crippen LogP contribution in [-0.4, -0.2) is 6.21 Å². The van der Waals surface area contributed by atoms with E-state index in [1.54, 1.807) is 30.6 Å². The first-order valence-electron chi connectivity index (χ1n) is 3.81. The molecule has 0 saturated carbocycles. The van der Waals surface area contributed by atoms with Gasteiger partial charge in [-0.3, -0.25) is 0 Å². The van der Waals surface area contributed by atoms with Crippen LogP contribution in [-0.2, 0) is 0 Å². The summed E-state index contributed by atoms with van der Waals surface area (Å²) in [7, 11) is 0. The van der Waals surface area contributed by atoms with E-state index in [0.717, 1.165) is 5.57 Å². The van der Waals surface area contributed by atoms with Crippen molar-refractivity contribution in [2.24, 2.45) is 4.99 Å². The van der Waals surface area contributed by atoms with E-state index in [-0.39, 0.29) is 0 Å². The van der Waals surface area contributed by atoms with Gasteiger partial charge in [0.1, 0.15) is 5.82 Å². The molecule has 0 unspecified atom stereocenters. The topological polar surface area (TPSA) is 24.4 Å². The van der Waals surface area contributed by atoms with E-state index in [1.165, 1.54) is 0 Å². The second-order valence-corrected chi connectivity index (χ2v) is 2.07. The minimum absolute atomic E-state index is 0.653. The molecule has 0 fully saturated rings. The average molecular weight is 174 g/mol. The SMILES string of the molecule is C=CC=NC(NC=C)=C(C=C)C=C. The summed E-state index contributed by atoms with van der Waals surface area (Å²) >= 11 is 0. The number of rotatable bonds is 6. The molecular weight excluding hydrogens is 160 g/mol. The Morgan fingerprint density at radius 3 is 2.08 bits per heavy atom. The number of nitrogens with zero attached hydrogens (tertiary/aromatic N) is 1. The van der Waals surface area contributed by atoms with Crippen LogP contribution in [0.5, 0.6) is 0 Å². The third-order valence-electron chi connectivity index (χ3n) is 1.26. The second-order valence-electron chi connectivity index (χ2n) is 2.07. The van der Waals surface area contributed by atoms with Crippen molar-refractivity contribution in [1.82, 2.24) is 5.32 Å². The highest BCUT2D eigenvalue weighted by Gasteiger charge is 1.94. The fraction of sp³-hybridized carbons (Fsp3) is 0. The highest BCUT2D eigenvalue weighted by Crippen LogP contribution is 2.04. The molecule has 0 saturated heterocycles. The lowest BCUT2D eigenvalue weighted by molar-refractivity contribution is 1.02. The Hall–Kier alpha value is -1.83. The summed E-state index contributed by atoms with van der Waals surface area (Å²) in [6.07, 6.45) is 8.05. The molecule has 2 nitrogen and oxygen atoms in total. The van der Waals surface area contributed by atoms with Crippen molar-refractivity contribution < 1.29 is 0 Å². The van der Waals surface area contributed by atoms with Crippen molar-refractivity contribution >= 4 is 6.21 Å². The van der Waals surface area contributed by atoms with Gasteiger partial charge in [0.05, 0.1) is 0 Å². The summed E-state index contributed by atoms with van der Waals surface area (Å²) in [6.45, 7) is 14.4. The summed E-state index contributed by atoms with van der Waals surface area (Å²) in [5.41, 5.74) is 0.818. The van der Waals surface area contributed by atoms with Gasteiger partial charge in [-0.25, -0.2) is 4.99 Å². The van der Waals surface area contributed by atoms with E-state index in [1.807, 2.05) is 0 Å². The third-order valence-corrected chi connectivity index (χ3v) is 1.26. The number of hydrogen-bond acceptors (Lipinski definition) is 2. The number of allylic oxidation sites excluding steroid dienone is 4. The second kappa shape index (κ2) is 6.85. The van der Waals surface area contributed by atoms with Crippen LogP contribution in [0, 0.1) is 0 Å². The van der Waals surface area contributed by atoms with Crippen molar-refractivity contribution in [2.45, 2.75) is 0 Å². The number of nitrogens with one attached hydrogen (secondary N) is 1. The van der Waals surface area contributed by atoms with E-state index in [9.17, 15) is 0 Å². The predicted octanol–water partition coefficient (Wildman–Crippen LogP) is 2.56. The summed E-state index contributed by atoms with van der Waals surface area (Å²) in [4.78, 5) is 4.09. The molecule has 0 radical (unpaired) electrons. The first-order valence-corrected chi connectivity index (χ1v) is 3.81. The first-order chi connectivity index (χ1) is 6.29. The Morgan fingerprint density at radius 2 is 1.69 bits per heavy atom. The Balaban J connectivity index is 4.92. The quantitative estimate of drug-likeness (QED) is 0.485. The predicted molar refractivity (Wildman–Crippen MR) is 59.4 cm³/mol. The zero-order chi connectivity index (χ0) is 10.1. The minimum atomic E-state index is 0.653. The largest absolute Gasteiger partial charge is 0.347 e. The summed E-state index contributed by atoms with van der Waals surface area (Å²) < 4.78 is 0. The molecule has 68 valence electrons. The molecule has 0 heterocycles. The van der Waals surface area contributed by atoms with Gasteiger partial charge in [0.2, 0.25) is 0 Å². The van der Waals surface area contributed by atoms with Gasteiger partial charge in [-0.15, -0.1) is 0 Å². The van der Waals surface area contributed by atoms with Crippen LogP contribution in [0.4, 0.5) is 0 Å². The molecule has 0 bridgehead atoms. The van der Waals surface area contributed by atoms with Gasteiger partial charge < -0.3 is 5.32 Å². The summed E-state index contributed by atoms with van der Waals surface area (Å²) in [5, 5.41) is 2.87. The lowest BCUT2D eigenvalue weighted by atomic mass is 10.2. The summed E-state index contributed by atoms with van der Waals surface area (Å²) in [5.74, 6) is 0.653. The van der Waals surface area contributed by atoms with Crippen molar-refractivity contribution in [3.63, 3.8) is 0 Å². The van der Waals surface area contributed by atoms with Gasteiger partial charge in [0.25, 0.3) is 0 Å². The fourth-order valence-electron chi connectivity index (χ4n) is 0.696. The maximum atomic E-state index is 4.09. The standard InChI is InChI=1S/C11H14N2/c1-5-9-13-11(12-8-4)10(6-2)7-3/h5-9,12H,1-4H2.